The fraction of sp³-hybridized carbons (Fsp3) is 0.368. The number of benzene rings is 1. The largest absolute Gasteiger partial charge is 0.315 e. The van der Waals surface area contributed by atoms with Gasteiger partial charge in [0, 0.05) is 12.6 Å². The summed E-state index contributed by atoms with van der Waals surface area (Å²) in [6, 6.07) is 13.0. The molecule has 3 heterocycles. The van der Waals surface area contributed by atoms with Crippen LogP contribution in [0.2, 0.25) is 0 Å². The molecule has 1 aliphatic heterocycles. The SMILES string of the molecule is Cc1nc(Nc2nnc(C)s2)cc([C@@H]2CCCN2Cc2ccccc2)n1. The molecule has 0 bridgehead atoms. The number of aromatic nitrogens is 4. The number of hydrogen-bond acceptors (Lipinski definition) is 7. The van der Waals surface area contributed by atoms with Gasteiger partial charge in [-0.3, -0.25) is 4.90 Å². The first-order chi connectivity index (χ1) is 12.7. The molecule has 0 aliphatic carbocycles. The van der Waals surface area contributed by atoms with E-state index in [1.165, 1.54) is 23.3 Å². The van der Waals surface area contributed by atoms with Crippen molar-refractivity contribution in [3.8, 4) is 0 Å². The molecule has 0 amide bonds. The molecule has 0 unspecified atom stereocenters. The van der Waals surface area contributed by atoms with Gasteiger partial charge in [-0.25, -0.2) is 9.97 Å². The second-order valence-corrected chi connectivity index (χ2v) is 7.77. The van der Waals surface area contributed by atoms with Crippen LogP contribution >= 0.6 is 11.3 Å². The average Bonchev–Trinajstić information content (AvgIpc) is 3.24. The summed E-state index contributed by atoms with van der Waals surface area (Å²) < 4.78 is 0. The van der Waals surface area contributed by atoms with Crippen LogP contribution < -0.4 is 5.32 Å². The number of nitrogens with one attached hydrogen (secondary N) is 1. The molecule has 26 heavy (non-hydrogen) atoms. The smallest absolute Gasteiger partial charge is 0.211 e. The quantitative estimate of drug-likeness (QED) is 0.735. The Morgan fingerprint density at radius 1 is 1.15 bits per heavy atom. The molecule has 0 radical (unpaired) electrons. The molecule has 1 fully saturated rings. The highest BCUT2D eigenvalue weighted by Crippen LogP contribution is 2.33. The van der Waals surface area contributed by atoms with Crippen LogP contribution in [0.25, 0.3) is 0 Å². The molecular weight excluding hydrogens is 344 g/mol. The molecule has 7 heteroatoms. The summed E-state index contributed by atoms with van der Waals surface area (Å²) in [5.41, 5.74) is 2.42. The zero-order chi connectivity index (χ0) is 17.9. The standard InChI is InChI=1S/C19H22N6S/c1-13-20-16(11-18(21-13)22-19-24-23-14(2)26-19)17-9-6-10-25(17)12-15-7-4-3-5-8-15/h3-5,7-8,11,17H,6,9-10,12H2,1-2H3,(H,20,21,22,24)/t17-/m0/s1. The van der Waals surface area contributed by atoms with E-state index in [4.69, 9.17) is 4.98 Å². The lowest BCUT2D eigenvalue weighted by molar-refractivity contribution is 0.244. The Kier molecular flexibility index (Phi) is 4.90. The number of likely N-dealkylation sites (tertiary alicyclic amines) is 1. The Morgan fingerprint density at radius 3 is 2.77 bits per heavy atom. The Balaban J connectivity index is 1.55. The second kappa shape index (κ2) is 7.47. The maximum Gasteiger partial charge on any atom is 0.211 e. The Hall–Kier alpha value is -2.38. The van der Waals surface area contributed by atoms with Gasteiger partial charge in [0.25, 0.3) is 0 Å². The Bertz CT molecular complexity index is 879. The third-order valence-electron chi connectivity index (χ3n) is 4.55. The van der Waals surface area contributed by atoms with Crippen molar-refractivity contribution >= 4 is 22.3 Å². The van der Waals surface area contributed by atoms with E-state index in [1.54, 1.807) is 0 Å². The third-order valence-corrected chi connectivity index (χ3v) is 5.31. The molecule has 1 aliphatic rings. The van der Waals surface area contributed by atoms with E-state index in [0.717, 1.165) is 47.0 Å². The van der Waals surface area contributed by atoms with Gasteiger partial charge in [-0.15, -0.1) is 10.2 Å². The minimum Gasteiger partial charge on any atom is -0.315 e. The minimum absolute atomic E-state index is 0.327. The molecule has 1 aromatic carbocycles. The van der Waals surface area contributed by atoms with Gasteiger partial charge in [0.2, 0.25) is 5.13 Å². The maximum absolute atomic E-state index is 4.73. The van der Waals surface area contributed by atoms with Crippen molar-refractivity contribution in [1.82, 2.24) is 25.1 Å². The summed E-state index contributed by atoms with van der Waals surface area (Å²) in [4.78, 5) is 11.8. The summed E-state index contributed by atoms with van der Waals surface area (Å²) in [6.07, 6.45) is 2.32. The molecule has 1 saturated heterocycles. The topological polar surface area (TPSA) is 66.8 Å². The Morgan fingerprint density at radius 2 is 2.00 bits per heavy atom. The number of nitrogens with zero attached hydrogens (tertiary/aromatic N) is 5. The molecule has 0 spiro atoms. The molecule has 1 atom stereocenters. The van der Waals surface area contributed by atoms with Crippen molar-refractivity contribution in [2.24, 2.45) is 0 Å². The van der Waals surface area contributed by atoms with Crippen molar-refractivity contribution in [3.05, 3.63) is 58.5 Å². The molecule has 2 aromatic heterocycles. The zero-order valence-corrected chi connectivity index (χ0v) is 15.8. The molecule has 4 rings (SSSR count). The summed E-state index contributed by atoms with van der Waals surface area (Å²) >= 11 is 1.52. The van der Waals surface area contributed by atoms with Crippen molar-refractivity contribution in [1.29, 1.82) is 0 Å². The van der Waals surface area contributed by atoms with Gasteiger partial charge < -0.3 is 5.32 Å². The fourth-order valence-corrected chi connectivity index (χ4v) is 4.05. The summed E-state index contributed by atoms with van der Waals surface area (Å²) in [6.45, 7) is 5.93. The summed E-state index contributed by atoms with van der Waals surface area (Å²) in [7, 11) is 0. The van der Waals surface area contributed by atoms with E-state index in [-0.39, 0.29) is 0 Å². The molecule has 6 nitrogen and oxygen atoms in total. The lowest BCUT2D eigenvalue weighted by atomic mass is 10.1. The summed E-state index contributed by atoms with van der Waals surface area (Å²) in [5, 5.41) is 13.1. The van der Waals surface area contributed by atoms with E-state index in [2.05, 4.69) is 61.8 Å². The number of rotatable bonds is 5. The van der Waals surface area contributed by atoms with Crippen molar-refractivity contribution in [3.63, 3.8) is 0 Å². The van der Waals surface area contributed by atoms with Gasteiger partial charge in [-0.1, -0.05) is 41.7 Å². The number of hydrogen-bond donors (Lipinski definition) is 1. The maximum atomic E-state index is 4.73. The van der Waals surface area contributed by atoms with Crippen LogP contribution in [0.15, 0.2) is 36.4 Å². The van der Waals surface area contributed by atoms with E-state index in [9.17, 15) is 0 Å². The first kappa shape index (κ1) is 17.1. The van der Waals surface area contributed by atoms with Crippen LogP contribution in [0.4, 0.5) is 10.9 Å². The number of aryl methyl sites for hydroxylation is 2. The van der Waals surface area contributed by atoms with E-state index < -0.39 is 0 Å². The van der Waals surface area contributed by atoms with Gasteiger partial charge in [-0.2, -0.15) is 0 Å². The zero-order valence-electron chi connectivity index (χ0n) is 15.0. The third kappa shape index (κ3) is 3.89. The first-order valence-corrected chi connectivity index (χ1v) is 9.70. The molecule has 3 aromatic rings. The summed E-state index contributed by atoms with van der Waals surface area (Å²) in [5.74, 6) is 1.56. The highest BCUT2D eigenvalue weighted by molar-refractivity contribution is 7.15. The predicted molar refractivity (Wildman–Crippen MR) is 104 cm³/mol. The van der Waals surface area contributed by atoms with Gasteiger partial charge in [0.15, 0.2) is 0 Å². The van der Waals surface area contributed by atoms with Crippen LogP contribution in [0.3, 0.4) is 0 Å². The first-order valence-electron chi connectivity index (χ1n) is 8.88. The van der Waals surface area contributed by atoms with Crippen molar-refractivity contribution < 1.29 is 0 Å². The highest BCUT2D eigenvalue weighted by Gasteiger charge is 2.27. The molecule has 1 N–H and O–H groups in total. The van der Waals surface area contributed by atoms with Crippen molar-refractivity contribution in [2.45, 2.75) is 39.3 Å². The molecule has 0 saturated carbocycles. The van der Waals surface area contributed by atoms with Crippen molar-refractivity contribution in [2.75, 3.05) is 11.9 Å². The monoisotopic (exact) mass is 366 g/mol. The second-order valence-electron chi connectivity index (χ2n) is 6.59. The van der Waals surface area contributed by atoms with Crippen LogP contribution in [0.1, 0.15) is 41.0 Å². The highest BCUT2D eigenvalue weighted by atomic mass is 32.1. The predicted octanol–water partition coefficient (Wildman–Crippen LogP) is 4.03. The normalized spacial score (nSPS) is 17.5. The van der Waals surface area contributed by atoms with E-state index in [0.29, 0.717) is 6.04 Å². The van der Waals surface area contributed by atoms with Crippen LogP contribution in [-0.4, -0.2) is 31.6 Å². The van der Waals surface area contributed by atoms with Crippen LogP contribution in [0.5, 0.6) is 0 Å². The van der Waals surface area contributed by atoms with Gasteiger partial charge in [0.05, 0.1) is 11.7 Å². The number of anilines is 2. The molecule has 134 valence electrons. The fourth-order valence-electron chi connectivity index (χ4n) is 3.45. The minimum atomic E-state index is 0.327. The van der Waals surface area contributed by atoms with E-state index >= 15 is 0 Å². The van der Waals surface area contributed by atoms with Crippen LogP contribution in [0, 0.1) is 13.8 Å². The van der Waals surface area contributed by atoms with E-state index in [1.807, 2.05) is 13.8 Å². The average molecular weight is 366 g/mol. The van der Waals surface area contributed by atoms with Gasteiger partial charge in [-0.05, 0) is 38.8 Å². The molecular formula is C19H22N6S. The van der Waals surface area contributed by atoms with Gasteiger partial charge >= 0.3 is 0 Å². The van der Waals surface area contributed by atoms with Gasteiger partial charge in [0.1, 0.15) is 16.6 Å². The lowest BCUT2D eigenvalue weighted by Crippen LogP contribution is -2.24. The Labute approximate surface area is 157 Å². The van der Waals surface area contributed by atoms with Crippen LogP contribution in [-0.2, 0) is 6.54 Å². The lowest BCUT2D eigenvalue weighted by Gasteiger charge is -2.24.